The van der Waals surface area contributed by atoms with Crippen LogP contribution in [0.25, 0.3) is 0 Å². The minimum atomic E-state index is -1.91. The van der Waals surface area contributed by atoms with Gasteiger partial charge in [-0.25, -0.2) is 0 Å². The number of carbonyl (C=O) groups excluding carboxylic acids is 2. The number of aliphatic hydroxyl groups is 2. The number of amides is 2. The second-order valence-corrected chi connectivity index (χ2v) is 8.23. The van der Waals surface area contributed by atoms with Crippen molar-refractivity contribution in [3.05, 3.63) is 53.4 Å². The summed E-state index contributed by atoms with van der Waals surface area (Å²) < 4.78 is 16.1. The monoisotopic (exact) mass is 463 g/mol. The minimum Gasteiger partial charge on any atom is -0.458 e. The molecule has 172 valence electrons. The molecular formula is C22H27ClN4O5. The number of halogens is 1. The quantitative estimate of drug-likeness (QED) is 0.496. The van der Waals surface area contributed by atoms with E-state index in [-0.39, 0.29) is 37.0 Å². The molecule has 2 aromatic rings. The topological polar surface area (TPSA) is 117 Å². The van der Waals surface area contributed by atoms with E-state index in [1.807, 2.05) is 13.8 Å². The van der Waals surface area contributed by atoms with Crippen LogP contribution >= 0.6 is 11.6 Å². The second kappa shape index (κ2) is 10.6. The van der Waals surface area contributed by atoms with Gasteiger partial charge in [-0.1, -0.05) is 37.6 Å². The van der Waals surface area contributed by atoms with Gasteiger partial charge in [0, 0.05) is 18.3 Å². The fraction of sp³-hybridized carbons (Fsp3) is 0.409. The minimum absolute atomic E-state index is 0.0433. The van der Waals surface area contributed by atoms with E-state index in [0.717, 1.165) is 4.90 Å². The van der Waals surface area contributed by atoms with Crippen molar-refractivity contribution in [3.63, 3.8) is 0 Å². The van der Waals surface area contributed by atoms with Crippen LogP contribution in [0.5, 0.6) is 5.75 Å². The third-order valence-corrected chi connectivity index (χ3v) is 4.93. The molecule has 3 rings (SSSR count). The van der Waals surface area contributed by atoms with Crippen molar-refractivity contribution in [2.45, 2.75) is 38.9 Å². The van der Waals surface area contributed by atoms with Crippen molar-refractivity contribution in [3.8, 4) is 5.75 Å². The summed E-state index contributed by atoms with van der Waals surface area (Å²) in [5.41, 5.74) is 0. The number of aromatic nitrogens is 2. The van der Waals surface area contributed by atoms with E-state index >= 15 is 0 Å². The summed E-state index contributed by atoms with van der Waals surface area (Å²) in [6.07, 6.45) is 1.88. The van der Waals surface area contributed by atoms with Crippen LogP contribution in [-0.2, 0) is 16.1 Å². The first-order chi connectivity index (χ1) is 15.6. The zero-order chi connectivity index (χ0) is 24.2. The van der Waals surface area contributed by atoms with Gasteiger partial charge in [0.05, 0.1) is 32.2 Å². The Labute approximate surface area is 192 Å². The number of para-hydroxylation sites is 1. The van der Waals surface area contributed by atoms with Crippen molar-refractivity contribution >= 4 is 29.2 Å². The zero-order valence-corrected chi connectivity index (χ0v) is 18.6. The molecule has 0 aliphatic carbocycles. The molecule has 32 heavy (non-hydrogen) atoms. The molecule has 0 radical (unpaired) electrons. The van der Waals surface area contributed by atoms with Crippen LogP contribution in [0, 0.1) is 5.92 Å². The fourth-order valence-corrected chi connectivity index (χ4v) is 3.33. The molecule has 2 heterocycles. The van der Waals surface area contributed by atoms with E-state index in [2.05, 4.69) is 10.4 Å². The third-order valence-electron chi connectivity index (χ3n) is 4.62. The molecule has 0 spiro atoms. The summed E-state index contributed by atoms with van der Waals surface area (Å²) in [6.45, 7) is 3.27. The molecule has 0 bridgehead atoms. The number of aliphatic hydroxyl groups excluding tert-OH is 2. The zero-order valence-electron chi connectivity index (χ0n) is 18.9. The lowest BCUT2D eigenvalue weighted by Gasteiger charge is -2.28. The summed E-state index contributed by atoms with van der Waals surface area (Å²) in [4.78, 5) is 27.1. The predicted octanol–water partition coefficient (Wildman–Crippen LogP) is 2.05. The van der Waals surface area contributed by atoms with Crippen LogP contribution in [0.1, 0.15) is 21.6 Å². The Balaban J connectivity index is 1.76. The Morgan fingerprint density at radius 3 is 2.81 bits per heavy atom. The smallest absolute Gasteiger partial charge is 0.251 e. The van der Waals surface area contributed by atoms with Gasteiger partial charge in [0.25, 0.3) is 5.91 Å². The van der Waals surface area contributed by atoms with Gasteiger partial charge in [0.1, 0.15) is 17.5 Å². The molecular weight excluding hydrogens is 436 g/mol. The lowest BCUT2D eigenvalue weighted by molar-refractivity contribution is -0.133. The molecule has 0 fully saturated rings. The van der Waals surface area contributed by atoms with Crippen molar-refractivity contribution < 1.29 is 25.9 Å². The van der Waals surface area contributed by atoms with Crippen LogP contribution in [0.3, 0.4) is 0 Å². The average Bonchev–Trinajstić information content (AvgIpc) is 3.35. The molecule has 2 amide bonds. The van der Waals surface area contributed by atoms with E-state index < -0.39 is 30.5 Å². The highest BCUT2D eigenvalue weighted by Crippen LogP contribution is 2.28. The molecule has 2 atom stereocenters. The summed E-state index contributed by atoms with van der Waals surface area (Å²) in [5.74, 6) is -0.475. The lowest BCUT2D eigenvalue weighted by Crippen LogP contribution is -2.46. The van der Waals surface area contributed by atoms with E-state index in [4.69, 9.17) is 22.8 Å². The first-order valence-electron chi connectivity index (χ1n) is 10.7. The predicted molar refractivity (Wildman–Crippen MR) is 119 cm³/mol. The number of ether oxygens (including phenoxy) is 1. The Bertz CT molecular complexity index is 1040. The molecule has 0 saturated carbocycles. The van der Waals surface area contributed by atoms with Gasteiger partial charge in [-0.15, -0.1) is 0 Å². The molecule has 1 aliphatic heterocycles. The number of hydrogen-bond donors (Lipinski definition) is 3. The second-order valence-electron chi connectivity index (χ2n) is 7.83. The maximum Gasteiger partial charge on any atom is 0.251 e. The first-order valence-corrected chi connectivity index (χ1v) is 10.6. The van der Waals surface area contributed by atoms with Crippen molar-refractivity contribution in [1.82, 2.24) is 14.7 Å². The van der Waals surface area contributed by atoms with Gasteiger partial charge in [0.15, 0.2) is 5.82 Å². The number of rotatable bonds is 10. The Morgan fingerprint density at radius 1 is 1.38 bits per heavy atom. The molecule has 10 heteroatoms. The standard InChI is InChI=1S/C22H27ClN4O5/c1-14(2)9-18(22(31)24-20-7-8-26(25-20)11-15(29)13-28)27-12-16(10-21(27)30)32-19-6-4-3-5-17(19)23/h3-8,10,14-15,18,28-29H,9,11-13H2,1-2H3,(H,24,25,31)/t15-,18+/m1/s1/i18D. The largest absolute Gasteiger partial charge is 0.458 e. The lowest BCUT2D eigenvalue weighted by atomic mass is 10.0. The van der Waals surface area contributed by atoms with E-state index in [9.17, 15) is 14.7 Å². The third kappa shape index (κ3) is 6.09. The van der Waals surface area contributed by atoms with Crippen LogP contribution in [-0.4, -0.2) is 62.0 Å². The number of nitrogens with one attached hydrogen (secondary N) is 1. The van der Waals surface area contributed by atoms with Crippen LogP contribution in [0.2, 0.25) is 5.02 Å². The van der Waals surface area contributed by atoms with Gasteiger partial charge in [-0.05, 0) is 24.5 Å². The highest BCUT2D eigenvalue weighted by molar-refractivity contribution is 6.32. The summed E-state index contributed by atoms with van der Waals surface area (Å²) in [6, 6.07) is 6.41. The van der Waals surface area contributed by atoms with E-state index in [1.165, 1.54) is 23.0 Å². The highest BCUT2D eigenvalue weighted by atomic mass is 35.5. The molecule has 1 aromatic heterocycles. The Hall–Kier alpha value is -2.88. The number of nitrogens with zero attached hydrogens (tertiary/aromatic N) is 3. The highest BCUT2D eigenvalue weighted by Gasteiger charge is 2.35. The van der Waals surface area contributed by atoms with Gasteiger partial charge >= 0.3 is 0 Å². The summed E-state index contributed by atoms with van der Waals surface area (Å²) >= 11 is 6.13. The SMILES string of the molecule is [2H][C@](CC(C)C)(C(=O)Nc1ccn(C[C@@H](O)CO)n1)N1CC(Oc2ccccc2Cl)=CC1=O. The molecule has 1 aromatic carbocycles. The Kier molecular flexibility index (Phi) is 7.41. The fourth-order valence-electron chi connectivity index (χ4n) is 3.16. The summed E-state index contributed by atoms with van der Waals surface area (Å²) in [7, 11) is 0. The number of anilines is 1. The summed E-state index contributed by atoms with van der Waals surface area (Å²) in [5, 5.41) is 25.6. The number of hydrogen-bond acceptors (Lipinski definition) is 6. The molecule has 0 unspecified atom stereocenters. The molecule has 0 saturated heterocycles. The molecule has 3 N–H and O–H groups in total. The normalized spacial score (nSPS) is 17.1. The van der Waals surface area contributed by atoms with Crippen LogP contribution in [0.4, 0.5) is 5.82 Å². The maximum atomic E-state index is 13.2. The number of benzene rings is 1. The van der Waals surface area contributed by atoms with Gasteiger partial charge in [-0.2, -0.15) is 5.10 Å². The van der Waals surface area contributed by atoms with Gasteiger partial charge in [-0.3, -0.25) is 14.3 Å². The van der Waals surface area contributed by atoms with Gasteiger partial charge in [0.2, 0.25) is 5.91 Å². The van der Waals surface area contributed by atoms with E-state index in [0.29, 0.717) is 10.8 Å². The first kappa shape index (κ1) is 22.3. The van der Waals surface area contributed by atoms with E-state index in [1.54, 1.807) is 24.3 Å². The molecule has 9 nitrogen and oxygen atoms in total. The van der Waals surface area contributed by atoms with Crippen LogP contribution in [0.15, 0.2) is 48.4 Å². The Morgan fingerprint density at radius 2 is 2.12 bits per heavy atom. The number of carbonyl (C=O) groups is 2. The maximum absolute atomic E-state index is 13.2. The van der Waals surface area contributed by atoms with Crippen molar-refractivity contribution in [2.75, 3.05) is 18.5 Å². The van der Waals surface area contributed by atoms with Crippen LogP contribution < -0.4 is 10.1 Å². The van der Waals surface area contributed by atoms with Crippen molar-refractivity contribution in [2.24, 2.45) is 5.92 Å². The molecule has 1 aliphatic rings. The van der Waals surface area contributed by atoms with Crippen molar-refractivity contribution in [1.29, 1.82) is 0 Å². The average molecular weight is 464 g/mol. The van der Waals surface area contributed by atoms with Gasteiger partial charge < -0.3 is 25.2 Å².